The van der Waals surface area contributed by atoms with Crippen LogP contribution in [-0.2, 0) is 0 Å². The van der Waals surface area contributed by atoms with Gasteiger partial charge in [-0.2, -0.15) is 0 Å². The van der Waals surface area contributed by atoms with Gasteiger partial charge in [0.1, 0.15) is 0 Å². The predicted molar refractivity (Wildman–Crippen MR) is 49.8 cm³/mol. The Morgan fingerprint density at radius 2 is 1.69 bits per heavy atom. The minimum atomic E-state index is -0.694. The molecule has 13 heavy (non-hydrogen) atoms. The lowest BCUT2D eigenvalue weighted by Crippen LogP contribution is -2.08. The molecule has 0 amide bonds. The van der Waals surface area contributed by atoms with Crippen LogP contribution in [0.25, 0.3) is 0 Å². The molecular formula is C9H9BrF2O. The van der Waals surface area contributed by atoms with Crippen LogP contribution in [0.2, 0.25) is 0 Å². The second-order valence-corrected chi connectivity index (χ2v) is 3.78. The van der Waals surface area contributed by atoms with Gasteiger partial charge in [-0.25, -0.2) is 8.78 Å². The second kappa shape index (κ2) is 4.05. The quantitative estimate of drug-likeness (QED) is 0.781. The summed E-state index contributed by atoms with van der Waals surface area (Å²) in [6.45, 7) is 3.42. The first-order valence-corrected chi connectivity index (χ1v) is 4.61. The third-order valence-electron chi connectivity index (χ3n) is 1.32. The molecule has 4 heteroatoms. The molecular weight excluding hydrogens is 242 g/mol. The fraction of sp³-hybridized carbons (Fsp3) is 0.333. The van der Waals surface area contributed by atoms with E-state index in [0.717, 1.165) is 0 Å². The van der Waals surface area contributed by atoms with Gasteiger partial charge in [-0.3, -0.25) is 0 Å². The molecule has 0 unspecified atom stereocenters. The summed E-state index contributed by atoms with van der Waals surface area (Å²) in [7, 11) is 0. The van der Waals surface area contributed by atoms with Crippen LogP contribution in [0.15, 0.2) is 16.6 Å². The lowest BCUT2D eigenvalue weighted by atomic mass is 10.3. The zero-order valence-electron chi connectivity index (χ0n) is 7.27. The van der Waals surface area contributed by atoms with Crippen LogP contribution in [0.4, 0.5) is 8.78 Å². The minimum absolute atomic E-state index is 0.245. The molecule has 0 aliphatic carbocycles. The summed E-state index contributed by atoms with van der Waals surface area (Å²) in [4.78, 5) is 0. The Morgan fingerprint density at radius 1 is 1.23 bits per heavy atom. The van der Waals surface area contributed by atoms with Gasteiger partial charge in [0.2, 0.25) is 0 Å². The van der Waals surface area contributed by atoms with Crippen molar-refractivity contribution in [3.8, 4) is 5.75 Å². The van der Waals surface area contributed by atoms with E-state index in [1.165, 1.54) is 12.1 Å². The fourth-order valence-electron chi connectivity index (χ4n) is 0.877. The zero-order valence-corrected chi connectivity index (χ0v) is 8.86. The second-order valence-electron chi connectivity index (χ2n) is 2.87. The van der Waals surface area contributed by atoms with Gasteiger partial charge in [0, 0.05) is 4.47 Å². The number of ether oxygens (including phenoxy) is 1. The monoisotopic (exact) mass is 250 g/mol. The highest BCUT2D eigenvalue weighted by Crippen LogP contribution is 2.26. The summed E-state index contributed by atoms with van der Waals surface area (Å²) < 4.78 is 31.5. The predicted octanol–water partition coefficient (Wildman–Crippen LogP) is 3.51. The average Bonchev–Trinajstić information content (AvgIpc) is 1.96. The van der Waals surface area contributed by atoms with E-state index in [4.69, 9.17) is 4.74 Å². The van der Waals surface area contributed by atoms with Crippen LogP contribution in [0.1, 0.15) is 13.8 Å². The molecule has 0 bridgehead atoms. The molecule has 72 valence electrons. The summed E-state index contributed by atoms with van der Waals surface area (Å²) in [6, 6.07) is 2.33. The maximum absolute atomic E-state index is 13.1. The molecule has 0 aliphatic rings. The van der Waals surface area contributed by atoms with Crippen LogP contribution in [0, 0.1) is 11.6 Å². The van der Waals surface area contributed by atoms with Gasteiger partial charge in [-0.05, 0) is 26.0 Å². The summed E-state index contributed by atoms with van der Waals surface area (Å²) in [5.41, 5.74) is 0. The summed E-state index contributed by atoms with van der Waals surface area (Å²) in [5, 5.41) is 0. The first-order chi connectivity index (χ1) is 6.00. The summed E-state index contributed by atoms with van der Waals surface area (Å²) >= 11 is 2.98. The molecule has 0 N–H and O–H groups in total. The molecule has 0 spiro atoms. The van der Waals surface area contributed by atoms with Gasteiger partial charge < -0.3 is 4.74 Å². The van der Waals surface area contributed by atoms with Crippen molar-refractivity contribution in [2.24, 2.45) is 0 Å². The maximum Gasteiger partial charge on any atom is 0.191 e. The molecule has 1 aromatic rings. The van der Waals surface area contributed by atoms with E-state index in [-0.39, 0.29) is 11.9 Å². The number of rotatable bonds is 2. The fourth-order valence-corrected chi connectivity index (χ4v) is 1.28. The largest absolute Gasteiger partial charge is 0.485 e. The van der Waals surface area contributed by atoms with Crippen molar-refractivity contribution < 1.29 is 13.5 Å². The highest BCUT2D eigenvalue weighted by molar-refractivity contribution is 9.10. The highest BCUT2D eigenvalue weighted by Gasteiger charge is 2.12. The molecule has 0 saturated carbocycles. The zero-order chi connectivity index (χ0) is 10.0. The first kappa shape index (κ1) is 10.4. The van der Waals surface area contributed by atoms with Gasteiger partial charge in [0.05, 0.1) is 6.10 Å². The van der Waals surface area contributed by atoms with E-state index >= 15 is 0 Å². The SMILES string of the molecule is CC(C)Oc1c(F)cc(Br)cc1F. The third-order valence-corrected chi connectivity index (χ3v) is 1.77. The van der Waals surface area contributed by atoms with Gasteiger partial charge in [0.25, 0.3) is 0 Å². The van der Waals surface area contributed by atoms with Crippen LogP contribution in [0.3, 0.4) is 0 Å². The Morgan fingerprint density at radius 3 is 2.08 bits per heavy atom. The number of hydrogen-bond donors (Lipinski definition) is 0. The van der Waals surface area contributed by atoms with Gasteiger partial charge in [-0.15, -0.1) is 0 Å². The third kappa shape index (κ3) is 2.66. The van der Waals surface area contributed by atoms with Crippen LogP contribution < -0.4 is 4.74 Å². The smallest absolute Gasteiger partial charge is 0.191 e. The van der Waals surface area contributed by atoms with Crippen molar-refractivity contribution in [2.75, 3.05) is 0 Å². The standard InChI is InChI=1S/C9H9BrF2O/c1-5(2)13-9-7(11)3-6(10)4-8(9)12/h3-5H,1-2H3. The first-order valence-electron chi connectivity index (χ1n) is 3.82. The van der Waals surface area contributed by atoms with E-state index < -0.39 is 11.6 Å². The van der Waals surface area contributed by atoms with E-state index in [1.807, 2.05) is 0 Å². The summed E-state index contributed by atoms with van der Waals surface area (Å²) in [6.07, 6.45) is -0.245. The Hall–Kier alpha value is -0.640. The van der Waals surface area contributed by atoms with Gasteiger partial charge in [0.15, 0.2) is 17.4 Å². The van der Waals surface area contributed by atoms with Crippen molar-refractivity contribution in [3.05, 3.63) is 28.2 Å². The average molecular weight is 251 g/mol. The van der Waals surface area contributed by atoms with E-state index in [2.05, 4.69) is 15.9 Å². The number of benzene rings is 1. The Balaban J connectivity index is 3.06. The van der Waals surface area contributed by atoms with Crippen molar-refractivity contribution in [1.29, 1.82) is 0 Å². The molecule has 1 aromatic carbocycles. The molecule has 1 nitrogen and oxygen atoms in total. The van der Waals surface area contributed by atoms with Crippen LogP contribution in [0.5, 0.6) is 5.75 Å². The molecule has 0 saturated heterocycles. The van der Waals surface area contributed by atoms with Crippen molar-refractivity contribution in [2.45, 2.75) is 20.0 Å². The Kier molecular flexibility index (Phi) is 3.25. The highest BCUT2D eigenvalue weighted by atomic mass is 79.9. The van der Waals surface area contributed by atoms with E-state index in [9.17, 15) is 8.78 Å². The van der Waals surface area contributed by atoms with Gasteiger partial charge in [-0.1, -0.05) is 15.9 Å². The number of halogens is 3. The molecule has 0 atom stereocenters. The van der Waals surface area contributed by atoms with Crippen molar-refractivity contribution in [3.63, 3.8) is 0 Å². The Bertz CT molecular complexity index is 289. The normalized spacial score (nSPS) is 10.6. The summed E-state index contributed by atoms with van der Waals surface area (Å²) in [5.74, 6) is -1.71. The maximum atomic E-state index is 13.1. The van der Waals surface area contributed by atoms with E-state index in [0.29, 0.717) is 4.47 Å². The van der Waals surface area contributed by atoms with Crippen molar-refractivity contribution in [1.82, 2.24) is 0 Å². The number of hydrogen-bond acceptors (Lipinski definition) is 1. The lowest BCUT2D eigenvalue weighted by molar-refractivity contribution is 0.219. The molecule has 0 aromatic heterocycles. The molecule has 0 radical (unpaired) electrons. The van der Waals surface area contributed by atoms with Gasteiger partial charge >= 0.3 is 0 Å². The molecule has 0 aliphatic heterocycles. The molecule has 0 heterocycles. The van der Waals surface area contributed by atoms with Crippen LogP contribution >= 0.6 is 15.9 Å². The molecule has 1 rings (SSSR count). The van der Waals surface area contributed by atoms with E-state index in [1.54, 1.807) is 13.8 Å². The lowest BCUT2D eigenvalue weighted by Gasteiger charge is -2.11. The topological polar surface area (TPSA) is 9.23 Å². The molecule has 0 fully saturated rings. The minimum Gasteiger partial charge on any atom is -0.485 e. The Labute approximate surface area is 83.8 Å². The van der Waals surface area contributed by atoms with Crippen LogP contribution in [-0.4, -0.2) is 6.10 Å². The van der Waals surface area contributed by atoms with Crippen molar-refractivity contribution >= 4 is 15.9 Å².